The van der Waals surface area contributed by atoms with Crippen LogP contribution in [0.1, 0.15) is 10.4 Å². The summed E-state index contributed by atoms with van der Waals surface area (Å²) in [5, 5.41) is 2.87. The lowest BCUT2D eigenvalue weighted by atomic mass is 10.2. The number of carbonyl (C=O) groups excluding carboxylic acids is 1. The lowest BCUT2D eigenvalue weighted by Crippen LogP contribution is -2.15. The van der Waals surface area contributed by atoms with E-state index in [4.69, 9.17) is 9.47 Å². The van der Waals surface area contributed by atoms with Crippen LogP contribution < -0.4 is 19.7 Å². The number of hydrogen-bond donors (Lipinski definition) is 1. The fourth-order valence-electron chi connectivity index (χ4n) is 2.62. The molecule has 0 unspecified atom stereocenters. The number of nitrogens with zero attached hydrogens (tertiary/aromatic N) is 2. The van der Waals surface area contributed by atoms with Gasteiger partial charge in [-0.2, -0.15) is 0 Å². The molecule has 138 valence electrons. The molecule has 0 aliphatic heterocycles. The summed E-state index contributed by atoms with van der Waals surface area (Å²) in [6, 6.07) is 18.5. The molecule has 3 aromatic rings. The highest BCUT2D eigenvalue weighted by molar-refractivity contribution is 6.05. The predicted octanol–water partition coefficient (Wildman–Crippen LogP) is 4.12. The quantitative estimate of drug-likeness (QED) is 0.714. The van der Waals surface area contributed by atoms with Crippen molar-refractivity contribution in [3.63, 3.8) is 0 Å². The summed E-state index contributed by atoms with van der Waals surface area (Å²) in [5.41, 5.74) is 2.05. The fraction of sp³-hybridized carbons (Fsp3) is 0.143. The van der Waals surface area contributed by atoms with E-state index in [2.05, 4.69) is 10.3 Å². The van der Waals surface area contributed by atoms with Gasteiger partial charge in [0.05, 0.1) is 19.9 Å². The molecule has 0 saturated carbocycles. The van der Waals surface area contributed by atoms with Gasteiger partial charge in [0.2, 0.25) is 0 Å². The lowest BCUT2D eigenvalue weighted by Gasteiger charge is -2.19. The summed E-state index contributed by atoms with van der Waals surface area (Å²) in [6.07, 6.45) is 1.62. The summed E-state index contributed by atoms with van der Waals surface area (Å²) in [7, 11) is 5.03. The van der Waals surface area contributed by atoms with Gasteiger partial charge < -0.3 is 19.7 Å². The monoisotopic (exact) mass is 363 g/mol. The molecule has 0 atom stereocenters. The standard InChI is InChI=1S/C21H21N3O3/c1-24(16-7-5-4-6-8-16)20-13-15(11-12-22-20)21(25)23-18-10-9-17(26-2)14-19(18)27-3/h4-14H,1-3H3,(H,23,25). The number of anilines is 3. The number of pyridine rings is 1. The first-order valence-corrected chi connectivity index (χ1v) is 8.40. The van der Waals surface area contributed by atoms with Crippen LogP contribution in [0, 0.1) is 0 Å². The molecular weight excluding hydrogens is 342 g/mol. The minimum absolute atomic E-state index is 0.247. The average Bonchev–Trinajstić information content (AvgIpc) is 2.74. The van der Waals surface area contributed by atoms with Gasteiger partial charge in [-0.15, -0.1) is 0 Å². The topological polar surface area (TPSA) is 63.7 Å². The molecule has 6 nitrogen and oxygen atoms in total. The molecule has 1 amide bonds. The van der Waals surface area contributed by atoms with E-state index in [1.807, 2.05) is 42.3 Å². The molecule has 0 fully saturated rings. The van der Waals surface area contributed by atoms with E-state index in [1.54, 1.807) is 50.7 Å². The zero-order valence-electron chi connectivity index (χ0n) is 15.5. The number of para-hydroxylation sites is 1. The van der Waals surface area contributed by atoms with Gasteiger partial charge in [0.1, 0.15) is 17.3 Å². The largest absolute Gasteiger partial charge is 0.497 e. The van der Waals surface area contributed by atoms with Crippen molar-refractivity contribution in [2.75, 3.05) is 31.5 Å². The van der Waals surface area contributed by atoms with Gasteiger partial charge in [-0.05, 0) is 36.4 Å². The maximum Gasteiger partial charge on any atom is 0.255 e. The molecule has 2 aromatic carbocycles. The third kappa shape index (κ3) is 4.17. The Bertz CT molecular complexity index is 929. The summed E-state index contributed by atoms with van der Waals surface area (Å²) < 4.78 is 10.5. The Morgan fingerprint density at radius 3 is 2.48 bits per heavy atom. The van der Waals surface area contributed by atoms with Crippen molar-refractivity contribution in [1.82, 2.24) is 4.98 Å². The van der Waals surface area contributed by atoms with Crippen molar-refractivity contribution in [2.45, 2.75) is 0 Å². The van der Waals surface area contributed by atoms with Crippen LogP contribution in [0.3, 0.4) is 0 Å². The summed E-state index contributed by atoms with van der Waals surface area (Å²) in [4.78, 5) is 19.0. The highest BCUT2D eigenvalue weighted by atomic mass is 16.5. The molecule has 0 saturated heterocycles. The van der Waals surface area contributed by atoms with Gasteiger partial charge in [-0.3, -0.25) is 4.79 Å². The Balaban J connectivity index is 1.82. The number of ether oxygens (including phenoxy) is 2. The smallest absolute Gasteiger partial charge is 0.255 e. The van der Waals surface area contributed by atoms with Crippen LogP contribution in [0.2, 0.25) is 0 Å². The van der Waals surface area contributed by atoms with Crippen LogP contribution in [-0.2, 0) is 0 Å². The van der Waals surface area contributed by atoms with Crippen molar-refractivity contribution in [1.29, 1.82) is 0 Å². The van der Waals surface area contributed by atoms with E-state index < -0.39 is 0 Å². The number of nitrogens with one attached hydrogen (secondary N) is 1. The normalized spacial score (nSPS) is 10.2. The van der Waals surface area contributed by atoms with Crippen LogP contribution >= 0.6 is 0 Å². The van der Waals surface area contributed by atoms with E-state index in [-0.39, 0.29) is 5.91 Å². The maximum absolute atomic E-state index is 12.7. The molecule has 1 heterocycles. The molecule has 3 rings (SSSR count). The number of hydrogen-bond acceptors (Lipinski definition) is 5. The predicted molar refractivity (Wildman–Crippen MR) is 106 cm³/mol. The van der Waals surface area contributed by atoms with Crippen molar-refractivity contribution in [3.05, 3.63) is 72.4 Å². The maximum atomic E-state index is 12.7. The molecule has 6 heteroatoms. The van der Waals surface area contributed by atoms with Crippen molar-refractivity contribution >= 4 is 23.1 Å². The molecule has 0 radical (unpaired) electrons. The van der Waals surface area contributed by atoms with Crippen LogP contribution in [0.4, 0.5) is 17.2 Å². The number of carbonyl (C=O) groups is 1. The zero-order chi connectivity index (χ0) is 19.2. The Labute approximate surface area is 158 Å². The summed E-state index contributed by atoms with van der Waals surface area (Å²) in [5.74, 6) is 1.61. The third-order valence-corrected chi connectivity index (χ3v) is 4.15. The van der Waals surface area contributed by atoms with Gasteiger partial charge in [-0.25, -0.2) is 4.98 Å². The Hall–Kier alpha value is -3.54. The first kappa shape index (κ1) is 18.3. The fourth-order valence-corrected chi connectivity index (χ4v) is 2.62. The van der Waals surface area contributed by atoms with Gasteiger partial charge in [0, 0.05) is 30.6 Å². The van der Waals surface area contributed by atoms with Crippen LogP contribution in [0.5, 0.6) is 11.5 Å². The molecule has 1 aromatic heterocycles. The second-order valence-electron chi connectivity index (χ2n) is 5.82. The Morgan fingerprint density at radius 2 is 1.78 bits per heavy atom. The van der Waals surface area contributed by atoms with E-state index in [0.717, 1.165) is 5.69 Å². The van der Waals surface area contributed by atoms with E-state index >= 15 is 0 Å². The zero-order valence-corrected chi connectivity index (χ0v) is 15.5. The molecule has 0 spiro atoms. The summed E-state index contributed by atoms with van der Waals surface area (Å²) in [6.45, 7) is 0. The molecule has 27 heavy (non-hydrogen) atoms. The van der Waals surface area contributed by atoms with Crippen molar-refractivity contribution < 1.29 is 14.3 Å². The summed E-state index contributed by atoms with van der Waals surface area (Å²) >= 11 is 0. The first-order chi connectivity index (χ1) is 13.1. The highest BCUT2D eigenvalue weighted by Crippen LogP contribution is 2.29. The van der Waals surface area contributed by atoms with E-state index in [0.29, 0.717) is 28.6 Å². The van der Waals surface area contributed by atoms with Crippen molar-refractivity contribution in [2.24, 2.45) is 0 Å². The Morgan fingerprint density at radius 1 is 1.00 bits per heavy atom. The van der Waals surface area contributed by atoms with E-state index in [9.17, 15) is 4.79 Å². The van der Waals surface area contributed by atoms with Gasteiger partial charge in [0.15, 0.2) is 0 Å². The minimum atomic E-state index is -0.247. The van der Waals surface area contributed by atoms with Crippen LogP contribution in [0.25, 0.3) is 0 Å². The van der Waals surface area contributed by atoms with E-state index in [1.165, 1.54) is 0 Å². The van der Waals surface area contributed by atoms with Gasteiger partial charge in [-0.1, -0.05) is 18.2 Å². The number of methoxy groups -OCH3 is 2. The Kier molecular flexibility index (Phi) is 5.56. The second kappa shape index (κ2) is 8.23. The SMILES string of the molecule is COc1ccc(NC(=O)c2ccnc(N(C)c3ccccc3)c2)c(OC)c1. The first-order valence-electron chi connectivity index (χ1n) is 8.40. The number of rotatable bonds is 6. The average molecular weight is 363 g/mol. The van der Waals surface area contributed by atoms with Gasteiger partial charge in [0.25, 0.3) is 5.91 Å². The molecule has 0 bridgehead atoms. The molecular formula is C21H21N3O3. The molecule has 0 aliphatic rings. The third-order valence-electron chi connectivity index (χ3n) is 4.15. The lowest BCUT2D eigenvalue weighted by molar-refractivity contribution is 0.102. The van der Waals surface area contributed by atoms with Gasteiger partial charge >= 0.3 is 0 Å². The van der Waals surface area contributed by atoms with Crippen molar-refractivity contribution in [3.8, 4) is 11.5 Å². The number of benzene rings is 2. The minimum Gasteiger partial charge on any atom is -0.497 e. The second-order valence-corrected chi connectivity index (χ2v) is 5.82. The molecule has 0 aliphatic carbocycles. The molecule has 1 N–H and O–H groups in total. The van der Waals surface area contributed by atoms with Crippen LogP contribution in [0.15, 0.2) is 66.9 Å². The van der Waals surface area contributed by atoms with Crippen LogP contribution in [-0.4, -0.2) is 32.2 Å². The highest BCUT2D eigenvalue weighted by Gasteiger charge is 2.13. The number of amides is 1. The number of aromatic nitrogens is 1.